The molecule has 1 N–H and O–H groups in total. The lowest BCUT2D eigenvalue weighted by molar-refractivity contribution is -0.123. The zero-order valence-corrected chi connectivity index (χ0v) is 14.3. The van der Waals surface area contributed by atoms with Crippen LogP contribution >= 0.6 is 0 Å². The van der Waals surface area contributed by atoms with E-state index < -0.39 is 0 Å². The molecular weight excluding hydrogens is 328 g/mol. The number of furan rings is 1. The van der Waals surface area contributed by atoms with Crippen LogP contribution in [0.25, 0.3) is 0 Å². The number of allylic oxidation sites excluding steroid dienone is 2. The van der Waals surface area contributed by atoms with E-state index in [2.05, 4.69) is 52.7 Å². The number of carbonyl (C=O) groups excluding carboxylic acids is 1. The molecule has 1 aromatic carbocycles. The fourth-order valence-electron chi connectivity index (χ4n) is 3.95. The Morgan fingerprint density at radius 2 is 2.08 bits per heavy atom. The summed E-state index contributed by atoms with van der Waals surface area (Å²) in [5, 5.41) is 7.61. The molecule has 0 bridgehead atoms. The van der Waals surface area contributed by atoms with Crippen LogP contribution in [0.4, 0.5) is 5.95 Å². The van der Waals surface area contributed by atoms with Crippen LogP contribution in [0.2, 0.25) is 0 Å². The molecule has 3 aromatic rings. The van der Waals surface area contributed by atoms with Gasteiger partial charge in [0.2, 0.25) is 5.95 Å². The number of hydrogen-bond donors (Lipinski definition) is 1. The molecule has 26 heavy (non-hydrogen) atoms. The summed E-state index contributed by atoms with van der Waals surface area (Å²) in [6, 6.07) is 11.8. The molecule has 0 amide bonds. The third-order valence-corrected chi connectivity index (χ3v) is 5.23. The van der Waals surface area contributed by atoms with Crippen molar-refractivity contribution in [3.8, 4) is 0 Å². The standard InChI is InChI=1S/C20H18N4O2/c1-12-4-6-13(7-5-12)14-9-15-18(16(25)10-14)19(17-3-2-8-26-17)24-20(23-15)21-11-22-24/h2-9,11,14,18-19H,10H2,1H3,(H,21,22,23)/t14-,18-,19-/m0/s1. The number of benzene rings is 1. The molecule has 3 heterocycles. The van der Waals surface area contributed by atoms with Crippen LogP contribution in [0.1, 0.15) is 35.3 Å². The molecule has 6 nitrogen and oxygen atoms in total. The predicted molar refractivity (Wildman–Crippen MR) is 95.6 cm³/mol. The highest BCUT2D eigenvalue weighted by molar-refractivity contribution is 5.88. The van der Waals surface area contributed by atoms with Crippen LogP contribution in [-0.4, -0.2) is 20.5 Å². The minimum absolute atomic E-state index is 0.0635. The molecule has 2 aliphatic rings. The van der Waals surface area contributed by atoms with Crippen LogP contribution < -0.4 is 5.32 Å². The van der Waals surface area contributed by atoms with Crippen LogP contribution in [0.5, 0.6) is 0 Å². The van der Waals surface area contributed by atoms with E-state index in [1.807, 2.05) is 12.1 Å². The second kappa shape index (κ2) is 5.69. The highest BCUT2D eigenvalue weighted by Gasteiger charge is 2.44. The van der Waals surface area contributed by atoms with Crippen molar-refractivity contribution in [3.05, 3.63) is 77.6 Å². The van der Waals surface area contributed by atoms with E-state index in [0.29, 0.717) is 12.4 Å². The molecule has 1 aliphatic carbocycles. The normalized spacial score (nSPS) is 24.4. The largest absolute Gasteiger partial charge is 0.467 e. The van der Waals surface area contributed by atoms with Gasteiger partial charge in [-0.05, 0) is 24.6 Å². The van der Waals surface area contributed by atoms with E-state index in [1.54, 1.807) is 10.9 Å². The first-order valence-electron chi connectivity index (χ1n) is 8.71. The summed E-state index contributed by atoms with van der Waals surface area (Å²) < 4.78 is 7.37. The van der Waals surface area contributed by atoms with Gasteiger partial charge in [-0.25, -0.2) is 4.68 Å². The summed E-state index contributed by atoms with van der Waals surface area (Å²) in [4.78, 5) is 17.4. The maximum Gasteiger partial charge on any atom is 0.226 e. The fourth-order valence-corrected chi connectivity index (χ4v) is 3.95. The third kappa shape index (κ3) is 2.29. The van der Waals surface area contributed by atoms with Gasteiger partial charge in [0.25, 0.3) is 0 Å². The number of fused-ring (bicyclic) bond motifs is 2. The summed E-state index contributed by atoms with van der Waals surface area (Å²) in [6.07, 6.45) is 5.75. The molecule has 6 heteroatoms. The number of aromatic nitrogens is 3. The summed E-state index contributed by atoms with van der Waals surface area (Å²) >= 11 is 0. The van der Waals surface area contributed by atoms with Crippen molar-refractivity contribution in [1.82, 2.24) is 14.8 Å². The quantitative estimate of drug-likeness (QED) is 0.769. The van der Waals surface area contributed by atoms with E-state index in [1.165, 1.54) is 11.9 Å². The number of carbonyl (C=O) groups is 1. The molecule has 1 aliphatic heterocycles. The predicted octanol–water partition coefficient (Wildman–Crippen LogP) is 3.45. The molecule has 3 atom stereocenters. The second-order valence-corrected chi connectivity index (χ2v) is 6.90. The van der Waals surface area contributed by atoms with Gasteiger partial charge in [0.1, 0.15) is 23.9 Å². The number of Topliss-reactive ketones (excluding diaryl/α,β-unsaturated/α-hetero) is 1. The van der Waals surface area contributed by atoms with Gasteiger partial charge in [0, 0.05) is 18.0 Å². The number of nitrogens with zero attached hydrogens (tertiary/aromatic N) is 3. The molecule has 2 aromatic heterocycles. The van der Waals surface area contributed by atoms with Crippen LogP contribution in [0.3, 0.4) is 0 Å². The van der Waals surface area contributed by atoms with E-state index in [0.717, 1.165) is 17.0 Å². The molecule has 0 saturated carbocycles. The smallest absolute Gasteiger partial charge is 0.226 e. The lowest BCUT2D eigenvalue weighted by Gasteiger charge is -2.36. The maximum atomic E-state index is 13.1. The van der Waals surface area contributed by atoms with Crippen molar-refractivity contribution in [2.75, 3.05) is 5.32 Å². The molecule has 0 fully saturated rings. The lowest BCUT2D eigenvalue weighted by atomic mass is 9.77. The monoisotopic (exact) mass is 346 g/mol. The number of anilines is 1. The van der Waals surface area contributed by atoms with E-state index >= 15 is 0 Å². The molecule has 0 spiro atoms. The number of ketones is 1. The molecule has 130 valence electrons. The average molecular weight is 346 g/mol. The van der Waals surface area contributed by atoms with Gasteiger partial charge in [-0.2, -0.15) is 10.1 Å². The number of nitrogens with one attached hydrogen (secondary N) is 1. The minimum atomic E-state index is -0.336. The zero-order valence-electron chi connectivity index (χ0n) is 14.3. The SMILES string of the molecule is Cc1ccc([C@H]2C=C3Nc4ncnn4[C@@H](c4ccco4)[C@@H]3C(=O)C2)cc1. The number of rotatable bonds is 2. The van der Waals surface area contributed by atoms with Gasteiger partial charge in [-0.1, -0.05) is 35.9 Å². The van der Waals surface area contributed by atoms with Gasteiger partial charge < -0.3 is 9.73 Å². The van der Waals surface area contributed by atoms with Crippen molar-refractivity contribution in [2.24, 2.45) is 5.92 Å². The van der Waals surface area contributed by atoms with Crippen LogP contribution in [0, 0.1) is 12.8 Å². The van der Waals surface area contributed by atoms with E-state index in [4.69, 9.17) is 4.42 Å². The summed E-state index contributed by atoms with van der Waals surface area (Å²) in [7, 11) is 0. The zero-order chi connectivity index (χ0) is 17.7. The molecule has 0 unspecified atom stereocenters. The molecular formula is C20H18N4O2. The first-order valence-corrected chi connectivity index (χ1v) is 8.71. The Morgan fingerprint density at radius 1 is 1.23 bits per heavy atom. The van der Waals surface area contributed by atoms with Gasteiger partial charge >= 0.3 is 0 Å². The molecule has 0 saturated heterocycles. The minimum Gasteiger partial charge on any atom is -0.467 e. The van der Waals surface area contributed by atoms with Crippen molar-refractivity contribution in [2.45, 2.75) is 25.3 Å². The van der Waals surface area contributed by atoms with E-state index in [9.17, 15) is 4.79 Å². The highest BCUT2D eigenvalue weighted by Crippen LogP contribution is 2.44. The Morgan fingerprint density at radius 3 is 2.85 bits per heavy atom. The van der Waals surface area contributed by atoms with Crippen molar-refractivity contribution >= 4 is 11.7 Å². The maximum absolute atomic E-state index is 13.1. The third-order valence-electron chi connectivity index (χ3n) is 5.23. The summed E-state index contributed by atoms with van der Waals surface area (Å²) in [6.45, 7) is 2.06. The molecule has 5 rings (SSSR count). The number of aryl methyl sites for hydroxylation is 1. The Kier molecular flexibility index (Phi) is 3.31. The Bertz CT molecular complexity index is 985. The summed E-state index contributed by atoms with van der Waals surface area (Å²) in [5.74, 6) is 1.26. The Balaban J connectivity index is 1.60. The first-order chi connectivity index (χ1) is 12.7. The van der Waals surface area contributed by atoms with Crippen LogP contribution in [0.15, 0.2) is 65.2 Å². The van der Waals surface area contributed by atoms with Crippen molar-refractivity contribution < 1.29 is 9.21 Å². The lowest BCUT2D eigenvalue weighted by Crippen LogP contribution is -2.39. The Hall–Kier alpha value is -3.15. The topological polar surface area (TPSA) is 73.0 Å². The van der Waals surface area contributed by atoms with Gasteiger partial charge in [-0.3, -0.25) is 4.79 Å². The van der Waals surface area contributed by atoms with E-state index in [-0.39, 0.29) is 23.7 Å². The van der Waals surface area contributed by atoms with Crippen molar-refractivity contribution in [1.29, 1.82) is 0 Å². The van der Waals surface area contributed by atoms with Gasteiger partial charge in [0.15, 0.2) is 0 Å². The van der Waals surface area contributed by atoms with Crippen molar-refractivity contribution in [3.63, 3.8) is 0 Å². The highest BCUT2D eigenvalue weighted by atomic mass is 16.3. The Labute approximate surface area is 150 Å². The van der Waals surface area contributed by atoms with Crippen LogP contribution in [-0.2, 0) is 4.79 Å². The average Bonchev–Trinajstić information content (AvgIpc) is 3.32. The number of hydrogen-bond acceptors (Lipinski definition) is 5. The van der Waals surface area contributed by atoms with Gasteiger partial charge in [0.05, 0.1) is 12.2 Å². The summed E-state index contributed by atoms with van der Waals surface area (Å²) in [5.41, 5.74) is 3.25. The fraction of sp³-hybridized carbons (Fsp3) is 0.250. The second-order valence-electron chi connectivity index (χ2n) is 6.90. The first kappa shape index (κ1) is 15.1. The van der Waals surface area contributed by atoms with Gasteiger partial charge in [-0.15, -0.1) is 0 Å². The molecule has 0 radical (unpaired) electrons.